The highest BCUT2D eigenvalue weighted by atomic mass is 35.5. The van der Waals surface area contributed by atoms with E-state index in [1.807, 2.05) is 39.5 Å². The van der Waals surface area contributed by atoms with Gasteiger partial charge in [0.25, 0.3) is 5.91 Å². The minimum Gasteiger partial charge on any atom is -0.598 e. The van der Waals surface area contributed by atoms with Crippen LogP contribution in [0, 0.1) is 17.8 Å². The van der Waals surface area contributed by atoms with Crippen LogP contribution in [-0.4, -0.2) is 56.8 Å². The molecule has 0 radical (unpaired) electrons. The van der Waals surface area contributed by atoms with E-state index >= 15 is 0 Å². The van der Waals surface area contributed by atoms with Crippen LogP contribution < -0.4 is 4.72 Å². The van der Waals surface area contributed by atoms with Crippen LogP contribution in [0.1, 0.15) is 59.1 Å². The van der Waals surface area contributed by atoms with E-state index in [9.17, 15) is 14.5 Å². The summed E-state index contributed by atoms with van der Waals surface area (Å²) in [6, 6.07) is 2.71. The van der Waals surface area contributed by atoms with Crippen molar-refractivity contribution in [3.63, 3.8) is 0 Å². The van der Waals surface area contributed by atoms with E-state index in [4.69, 9.17) is 32.7 Å². The summed E-state index contributed by atoms with van der Waals surface area (Å²) in [6.45, 7) is 10.8. The van der Waals surface area contributed by atoms with Crippen LogP contribution in [0.4, 0.5) is 0 Å². The maximum absolute atomic E-state index is 13.2. The van der Waals surface area contributed by atoms with Crippen LogP contribution in [0.2, 0.25) is 10.0 Å². The van der Waals surface area contributed by atoms with Crippen molar-refractivity contribution in [3.8, 4) is 5.75 Å². The number of benzene rings is 1. The smallest absolute Gasteiger partial charge is 0.254 e. The lowest BCUT2D eigenvalue weighted by Crippen LogP contribution is -2.53. The van der Waals surface area contributed by atoms with Gasteiger partial charge >= 0.3 is 0 Å². The van der Waals surface area contributed by atoms with Crippen molar-refractivity contribution in [1.82, 2.24) is 9.62 Å². The molecule has 1 amide bonds. The highest BCUT2D eigenvalue weighted by molar-refractivity contribution is 7.90. The molecule has 10 heteroatoms. The van der Waals surface area contributed by atoms with Gasteiger partial charge in [-0.1, -0.05) is 23.2 Å². The summed E-state index contributed by atoms with van der Waals surface area (Å²) >= 11 is 11.1. The van der Waals surface area contributed by atoms with Gasteiger partial charge in [0.2, 0.25) is 0 Å². The maximum atomic E-state index is 13.2. The van der Waals surface area contributed by atoms with Crippen molar-refractivity contribution in [2.45, 2.75) is 70.1 Å². The maximum Gasteiger partial charge on any atom is 0.254 e. The number of halogens is 2. The average molecular weight is 534 g/mol. The number of phenols is 1. The number of phenolic OH excluding ortho intramolecular Hbond substituents is 1. The average Bonchev–Trinajstić information content (AvgIpc) is 3.22. The highest BCUT2D eigenvalue weighted by Crippen LogP contribution is 2.50. The number of amides is 1. The van der Waals surface area contributed by atoms with Crippen molar-refractivity contribution >= 4 is 40.5 Å². The summed E-state index contributed by atoms with van der Waals surface area (Å²) in [5.41, 5.74) is 0.586. The quantitative estimate of drug-likeness (QED) is 0.544. The number of nitrogens with zero attached hydrogens (tertiary/aromatic N) is 1. The fraction of sp³-hybridized carbons (Fsp3) is 0.708. The molecule has 2 N–H and O–H groups in total. The number of ether oxygens (including phenoxy) is 2. The molecular weight excluding hydrogens is 499 g/mol. The Morgan fingerprint density at radius 1 is 1.24 bits per heavy atom. The van der Waals surface area contributed by atoms with Gasteiger partial charge in [0.15, 0.2) is 11.9 Å². The van der Waals surface area contributed by atoms with Gasteiger partial charge < -0.3 is 24.0 Å². The fourth-order valence-electron chi connectivity index (χ4n) is 5.44. The molecule has 2 saturated heterocycles. The number of carbonyl (C=O) groups excluding carboxylic acids is 1. The molecular formula is C24H34Cl2N2O5S. The Morgan fingerprint density at radius 3 is 2.35 bits per heavy atom. The Hall–Kier alpha value is -0.740. The zero-order chi connectivity index (χ0) is 25.0. The van der Waals surface area contributed by atoms with Crippen molar-refractivity contribution in [2.24, 2.45) is 17.8 Å². The van der Waals surface area contributed by atoms with Crippen LogP contribution in [0.5, 0.6) is 5.75 Å². The molecule has 190 valence electrons. The number of rotatable bonds is 5. The van der Waals surface area contributed by atoms with E-state index in [0.29, 0.717) is 23.7 Å². The molecule has 2 aliphatic heterocycles. The lowest BCUT2D eigenvalue weighted by molar-refractivity contribution is -0.162. The number of carbonyl (C=O) groups is 1. The molecule has 2 heterocycles. The highest BCUT2D eigenvalue weighted by Gasteiger charge is 2.51. The Kier molecular flexibility index (Phi) is 7.44. The number of aromatic hydroxyl groups is 1. The molecule has 5 atom stereocenters. The largest absolute Gasteiger partial charge is 0.598 e. The first-order valence-electron chi connectivity index (χ1n) is 11.7. The first-order valence-corrected chi connectivity index (χ1v) is 13.6. The number of hydrogen-bond donors (Lipinski definition) is 2. The third-order valence-corrected chi connectivity index (χ3v) is 9.38. The minimum absolute atomic E-state index is 0.0226. The van der Waals surface area contributed by atoms with Crippen molar-refractivity contribution in [2.75, 3.05) is 19.7 Å². The van der Waals surface area contributed by atoms with Gasteiger partial charge in [-0.05, 0) is 71.3 Å². The Labute approximate surface area is 214 Å². The lowest BCUT2D eigenvalue weighted by atomic mass is 9.77. The van der Waals surface area contributed by atoms with E-state index < -0.39 is 34.0 Å². The minimum atomic E-state index is -1.37. The van der Waals surface area contributed by atoms with Gasteiger partial charge in [0.05, 0.1) is 22.7 Å². The molecule has 1 aliphatic carbocycles. The van der Waals surface area contributed by atoms with Crippen LogP contribution in [0.15, 0.2) is 12.1 Å². The van der Waals surface area contributed by atoms with Gasteiger partial charge in [-0.25, -0.2) is 0 Å². The number of piperidine rings is 1. The zero-order valence-electron chi connectivity index (χ0n) is 20.3. The van der Waals surface area contributed by atoms with E-state index in [1.54, 1.807) is 6.07 Å². The van der Waals surface area contributed by atoms with Crippen molar-refractivity contribution in [3.05, 3.63) is 27.7 Å². The summed E-state index contributed by atoms with van der Waals surface area (Å²) in [4.78, 5) is 15.1. The molecule has 3 fully saturated rings. The molecule has 7 nitrogen and oxygen atoms in total. The fourth-order valence-corrected chi connectivity index (χ4v) is 6.64. The van der Waals surface area contributed by atoms with E-state index in [0.717, 1.165) is 12.8 Å². The molecule has 1 aromatic carbocycles. The molecule has 1 saturated carbocycles. The second kappa shape index (κ2) is 9.61. The standard InChI is InChI=1S/C24H34Cl2N2O5S/c1-23(2,3)34(31)27-21(15-8-16(25)17(26)9-18(15)29)20-13-6-7-14(20)11-28(10-13)22(30)19-12-32-24(4,5)33-19/h8-9,13-14,19-21,27,29H,6-7,10-12H2,1-5H3/t13?,14?,19-,20?,21?,34?/m1/s1. The van der Waals surface area contributed by atoms with Crippen molar-refractivity contribution < 1.29 is 23.9 Å². The van der Waals surface area contributed by atoms with Crippen LogP contribution >= 0.6 is 23.2 Å². The summed E-state index contributed by atoms with van der Waals surface area (Å²) in [5, 5.41) is 11.4. The number of fused-ring (bicyclic) bond motifs is 2. The van der Waals surface area contributed by atoms with E-state index in [1.165, 1.54) is 6.07 Å². The second-order valence-electron chi connectivity index (χ2n) is 11.0. The summed E-state index contributed by atoms with van der Waals surface area (Å²) in [7, 11) is 0. The third kappa shape index (κ3) is 5.33. The number of hydrogen-bond acceptors (Lipinski definition) is 6. The Balaban J connectivity index is 1.59. The van der Waals surface area contributed by atoms with Gasteiger partial charge in [-0.2, -0.15) is 0 Å². The van der Waals surface area contributed by atoms with Crippen molar-refractivity contribution in [1.29, 1.82) is 0 Å². The Bertz CT molecular complexity index is 927. The summed E-state index contributed by atoms with van der Waals surface area (Å²) < 4.78 is 27.4. The summed E-state index contributed by atoms with van der Waals surface area (Å²) in [5.74, 6) is -0.330. The molecule has 3 aliphatic rings. The number of nitrogens with one attached hydrogen (secondary N) is 1. The van der Waals surface area contributed by atoms with Gasteiger partial charge in [-0.15, -0.1) is 4.72 Å². The predicted octanol–water partition coefficient (Wildman–Crippen LogP) is 4.43. The molecule has 0 aromatic heterocycles. The zero-order valence-corrected chi connectivity index (χ0v) is 22.6. The van der Waals surface area contributed by atoms with Gasteiger partial charge in [-0.3, -0.25) is 4.79 Å². The van der Waals surface area contributed by atoms with Gasteiger partial charge in [0.1, 0.15) is 10.5 Å². The number of likely N-dealkylation sites (tertiary alicyclic amines) is 1. The normalized spacial score (nSPS) is 30.4. The van der Waals surface area contributed by atoms with E-state index in [2.05, 4.69) is 4.72 Å². The molecule has 0 spiro atoms. The van der Waals surface area contributed by atoms with Gasteiger partial charge in [0, 0.05) is 36.1 Å². The summed E-state index contributed by atoms with van der Waals surface area (Å²) in [6.07, 6.45) is 1.32. The first-order chi connectivity index (χ1) is 15.8. The topological polar surface area (TPSA) is 94.1 Å². The Morgan fingerprint density at radius 2 is 1.82 bits per heavy atom. The molecule has 2 bridgehead atoms. The van der Waals surface area contributed by atoms with Crippen LogP contribution in [0.3, 0.4) is 0 Å². The molecule has 34 heavy (non-hydrogen) atoms. The predicted molar refractivity (Wildman–Crippen MR) is 133 cm³/mol. The molecule has 4 unspecified atom stereocenters. The molecule has 1 aromatic rings. The third-order valence-electron chi connectivity index (χ3n) is 7.08. The second-order valence-corrected chi connectivity index (χ2v) is 13.8. The van der Waals surface area contributed by atoms with E-state index in [-0.39, 0.29) is 41.0 Å². The lowest BCUT2D eigenvalue weighted by Gasteiger charge is -2.43. The van der Waals surface area contributed by atoms with Crippen LogP contribution in [0.25, 0.3) is 0 Å². The monoisotopic (exact) mass is 532 g/mol. The molecule has 4 rings (SSSR count). The SMILES string of the molecule is CC1(C)OC[C@H](C(=O)N2CC3CCC(C2)C3C(N[S+]([O-])C(C)(C)C)c2cc(Cl)c(Cl)cc2O)O1. The first kappa shape index (κ1) is 26.3. The van der Waals surface area contributed by atoms with Crippen LogP contribution in [-0.2, 0) is 25.6 Å².